The molecule has 0 fully saturated rings. The molecule has 0 aromatic carbocycles. The zero-order valence-electron chi connectivity index (χ0n) is 55.9. The summed E-state index contributed by atoms with van der Waals surface area (Å²) in [7, 11) is 0. The summed E-state index contributed by atoms with van der Waals surface area (Å²) < 4.78 is 5.51. The maximum Gasteiger partial charge on any atom is 0.305 e. The highest BCUT2D eigenvalue weighted by molar-refractivity contribution is 5.76. The minimum atomic E-state index is -0.851. The van der Waals surface area contributed by atoms with Crippen LogP contribution in [-0.4, -0.2) is 47.4 Å². The summed E-state index contributed by atoms with van der Waals surface area (Å²) in [6, 6.07) is -0.635. The highest BCUT2D eigenvalue weighted by Gasteiger charge is 2.18. The van der Waals surface area contributed by atoms with Gasteiger partial charge in [0.2, 0.25) is 5.91 Å². The standard InChI is InChI=1S/C77H145NO5/c1-3-5-7-9-11-13-15-17-19-21-23-24-30-34-37-41-45-49-53-57-61-65-69-75(80)74(73-79)78-76(81)70-66-62-58-54-50-46-42-38-35-31-28-26-25-27-29-32-36-40-44-48-52-56-60-64-68-72-83-77(82)71-67-63-59-55-51-47-43-39-33-22-20-18-16-14-12-10-8-6-4-2/h18,20,26-29,65,69,74-75,79-80H,3-17,19,21-25,30-64,66-68,70-73H2,1-2H3,(H,78,81)/b20-18-,28-26-,29-27-,69-65+. The molecule has 2 atom stereocenters. The van der Waals surface area contributed by atoms with Crippen LogP contribution in [0.3, 0.4) is 0 Å². The van der Waals surface area contributed by atoms with Crippen molar-refractivity contribution in [3.8, 4) is 0 Å². The molecular weight excluding hydrogens is 1020 g/mol. The van der Waals surface area contributed by atoms with Gasteiger partial charge in [0.1, 0.15) is 0 Å². The lowest BCUT2D eigenvalue weighted by atomic mass is 10.0. The third-order valence-electron chi connectivity index (χ3n) is 17.3. The minimum Gasteiger partial charge on any atom is -0.466 e. The Hall–Kier alpha value is -2.18. The second-order valence-electron chi connectivity index (χ2n) is 25.6. The van der Waals surface area contributed by atoms with Crippen molar-refractivity contribution in [3.05, 3.63) is 48.6 Å². The van der Waals surface area contributed by atoms with E-state index in [1.54, 1.807) is 6.08 Å². The number of ether oxygens (including phenoxy) is 1. The molecule has 1 amide bonds. The van der Waals surface area contributed by atoms with Gasteiger partial charge < -0.3 is 20.3 Å². The second-order valence-corrected chi connectivity index (χ2v) is 25.6. The molecule has 83 heavy (non-hydrogen) atoms. The molecule has 0 aliphatic rings. The van der Waals surface area contributed by atoms with Gasteiger partial charge in [0.15, 0.2) is 0 Å². The van der Waals surface area contributed by atoms with Gasteiger partial charge in [-0.3, -0.25) is 9.59 Å². The first kappa shape index (κ1) is 80.8. The van der Waals surface area contributed by atoms with Gasteiger partial charge >= 0.3 is 5.97 Å². The Morgan fingerprint density at radius 2 is 0.602 bits per heavy atom. The molecule has 0 radical (unpaired) electrons. The number of hydrogen-bond donors (Lipinski definition) is 3. The molecule has 2 unspecified atom stereocenters. The van der Waals surface area contributed by atoms with E-state index in [1.807, 2.05) is 6.08 Å². The molecule has 0 saturated heterocycles. The van der Waals surface area contributed by atoms with Gasteiger partial charge in [-0.15, -0.1) is 0 Å². The molecule has 0 bridgehead atoms. The van der Waals surface area contributed by atoms with E-state index in [0.717, 1.165) is 51.4 Å². The second kappa shape index (κ2) is 72.3. The van der Waals surface area contributed by atoms with Crippen molar-refractivity contribution < 1.29 is 24.5 Å². The van der Waals surface area contributed by atoms with Crippen molar-refractivity contribution in [1.82, 2.24) is 5.32 Å². The van der Waals surface area contributed by atoms with Crippen LogP contribution in [-0.2, 0) is 14.3 Å². The van der Waals surface area contributed by atoms with Crippen molar-refractivity contribution >= 4 is 11.9 Å². The lowest BCUT2D eigenvalue weighted by molar-refractivity contribution is -0.143. The Morgan fingerprint density at radius 3 is 0.928 bits per heavy atom. The summed E-state index contributed by atoms with van der Waals surface area (Å²) in [6.07, 6.45) is 94.8. The molecular formula is C77H145NO5. The van der Waals surface area contributed by atoms with Gasteiger partial charge in [-0.2, -0.15) is 0 Å². The first-order valence-corrected chi connectivity index (χ1v) is 37.4. The normalized spacial score (nSPS) is 12.8. The monoisotopic (exact) mass is 1160 g/mol. The van der Waals surface area contributed by atoms with Crippen LogP contribution in [0, 0.1) is 0 Å². The van der Waals surface area contributed by atoms with Crippen LogP contribution in [0.4, 0.5) is 0 Å². The van der Waals surface area contributed by atoms with Gasteiger partial charge in [0, 0.05) is 12.8 Å². The van der Waals surface area contributed by atoms with Gasteiger partial charge in [-0.05, 0) is 89.9 Å². The van der Waals surface area contributed by atoms with Crippen LogP contribution in [0.1, 0.15) is 406 Å². The largest absolute Gasteiger partial charge is 0.466 e. The summed E-state index contributed by atoms with van der Waals surface area (Å²) >= 11 is 0. The Kier molecular flexibility index (Phi) is 70.4. The van der Waals surface area contributed by atoms with E-state index in [0.29, 0.717) is 19.4 Å². The van der Waals surface area contributed by atoms with E-state index in [9.17, 15) is 19.8 Å². The molecule has 3 N–H and O–H groups in total. The van der Waals surface area contributed by atoms with E-state index in [2.05, 4.69) is 55.6 Å². The number of aliphatic hydroxyl groups excluding tert-OH is 2. The summed E-state index contributed by atoms with van der Waals surface area (Å²) in [4.78, 5) is 24.7. The van der Waals surface area contributed by atoms with Crippen molar-refractivity contribution in [2.45, 2.75) is 418 Å². The molecule has 0 aliphatic heterocycles. The fourth-order valence-electron chi connectivity index (χ4n) is 11.6. The number of unbranched alkanes of at least 4 members (excludes halogenated alkanes) is 53. The first-order chi connectivity index (χ1) is 41.0. The number of nitrogens with one attached hydrogen (secondary N) is 1. The Bertz CT molecular complexity index is 1390. The van der Waals surface area contributed by atoms with E-state index in [4.69, 9.17) is 4.74 Å². The van der Waals surface area contributed by atoms with Gasteiger partial charge in [-0.25, -0.2) is 0 Å². The number of carbonyl (C=O) groups excluding carboxylic acids is 2. The predicted octanol–water partition coefficient (Wildman–Crippen LogP) is 24.4. The van der Waals surface area contributed by atoms with Crippen LogP contribution >= 0.6 is 0 Å². The first-order valence-electron chi connectivity index (χ1n) is 37.4. The van der Waals surface area contributed by atoms with Gasteiger partial charge in [-0.1, -0.05) is 351 Å². The number of amides is 1. The quantitative estimate of drug-likeness (QED) is 0.0320. The fraction of sp³-hybridized carbons (Fsp3) is 0.870. The maximum absolute atomic E-state index is 12.5. The van der Waals surface area contributed by atoms with E-state index >= 15 is 0 Å². The van der Waals surface area contributed by atoms with Crippen LogP contribution in [0.2, 0.25) is 0 Å². The molecule has 0 heterocycles. The van der Waals surface area contributed by atoms with Crippen LogP contribution in [0.25, 0.3) is 0 Å². The number of allylic oxidation sites excluding steroid dienone is 7. The number of esters is 1. The molecule has 0 saturated carbocycles. The zero-order chi connectivity index (χ0) is 59.9. The van der Waals surface area contributed by atoms with Crippen LogP contribution < -0.4 is 5.32 Å². The molecule has 0 aliphatic carbocycles. The average molecular weight is 1170 g/mol. The van der Waals surface area contributed by atoms with Gasteiger partial charge in [0.05, 0.1) is 25.4 Å². The molecule has 488 valence electrons. The number of hydrogen-bond acceptors (Lipinski definition) is 5. The Morgan fingerprint density at radius 1 is 0.337 bits per heavy atom. The van der Waals surface area contributed by atoms with Crippen molar-refractivity contribution in [2.75, 3.05) is 13.2 Å². The molecule has 0 aromatic heterocycles. The van der Waals surface area contributed by atoms with Crippen molar-refractivity contribution in [1.29, 1.82) is 0 Å². The fourth-order valence-corrected chi connectivity index (χ4v) is 11.6. The third-order valence-corrected chi connectivity index (χ3v) is 17.3. The minimum absolute atomic E-state index is 0.00862. The Labute approximate surface area is 518 Å². The maximum atomic E-state index is 12.5. The summed E-state index contributed by atoms with van der Waals surface area (Å²) in [5, 5.41) is 23.3. The number of rotatable bonds is 70. The predicted molar refractivity (Wildman–Crippen MR) is 366 cm³/mol. The molecule has 6 heteroatoms. The number of carbonyl (C=O) groups is 2. The van der Waals surface area contributed by atoms with E-state index in [-0.39, 0.29) is 18.5 Å². The smallest absolute Gasteiger partial charge is 0.305 e. The highest BCUT2D eigenvalue weighted by atomic mass is 16.5. The highest BCUT2D eigenvalue weighted by Crippen LogP contribution is 2.18. The molecule has 0 spiro atoms. The zero-order valence-corrected chi connectivity index (χ0v) is 55.9. The van der Waals surface area contributed by atoms with Crippen molar-refractivity contribution in [3.63, 3.8) is 0 Å². The summed E-state index contributed by atoms with van der Waals surface area (Å²) in [6.45, 7) is 4.93. The number of aliphatic hydroxyl groups is 2. The lowest BCUT2D eigenvalue weighted by Gasteiger charge is -2.20. The van der Waals surface area contributed by atoms with Gasteiger partial charge in [0.25, 0.3) is 0 Å². The third kappa shape index (κ3) is 68.8. The Balaban J connectivity index is 3.44. The SMILES string of the molecule is CCCCCCCC/C=C\CCCCCCCCCCCC(=O)OCCCCCCCCCCC/C=C\C/C=C\CCCCCCCCCCCC(=O)NC(CO)C(O)/C=C/CCCCCCCCCCCCCCCCCCCCCC. The van der Waals surface area contributed by atoms with E-state index in [1.165, 1.54) is 327 Å². The summed E-state index contributed by atoms with van der Waals surface area (Å²) in [5.74, 6) is -0.0620. The van der Waals surface area contributed by atoms with Crippen LogP contribution in [0.15, 0.2) is 48.6 Å². The molecule has 6 nitrogen and oxygen atoms in total. The van der Waals surface area contributed by atoms with Crippen molar-refractivity contribution in [2.24, 2.45) is 0 Å². The lowest BCUT2D eigenvalue weighted by Crippen LogP contribution is -2.45. The summed E-state index contributed by atoms with van der Waals surface area (Å²) in [5.41, 5.74) is 0. The molecule has 0 rings (SSSR count). The van der Waals surface area contributed by atoms with E-state index < -0.39 is 12.1 Å². The average Bonchev–Trinajstić information content (AvgIpc) is 3.48. The van der Waals surface area contributed by atoms with Crippen LogP contribution in [0.5, 0.6) is 0 Å². The topological polar surface area (TPSA) is 95.9 Å². The molecule has 0 aromatic rings.